The van der Waals surface area contributed by atoms with Gasteiger partial charge in [-0.05, 0) is 73.9 Å². The highest BCUT2D eigenvalue weighted by molar-refractivity contribution is 7.16. The zero-order valence-electron chi connectivity index (χ0n) is 24.4. The van der Waals surface area contributed by atoms with E-state index in [1.807, 2.05) is 30.4 Å². The number of halogens is 1. The predicted octanol–water partition coefficient (Wildman–Crippen LogP) is 7.27. The van der Waals surface area contributed by atoms with Crippen molar-refractivity contribution in [2.24, 2.45) is 11.8 Å². The van der Waals surface area contributed by atoms with Gasteiger partial charge < -0.3 is 9.80 Å². The molecule has 43 heavy (non-hydrogen) atoms. The van der Waals surface area contributed by atoms with E-state index in [2.05, 4.69) is 34.6 Å². The van der Waals surface area contributed by atoms with E-state index in [0.29, 0.717) is 21.3 Å². The van der Waals surface area contributed by atoms with E-state index in [4.69, 9.17) is 19.9 Å². The second-order valence-electron chi connectivity index (χ2n) is 11.6. The number of thiazole rings is 1. The van der Waals surface area contributed by atoms with Crippen LogP contribution in [0.4, 0.5) is 21.3 Å². The number of fused-ring (bicyclic) bond motifs is 1. The first kappa shape index (κ1) is 27.5. The van der Waals surface area contributed by atoms with Crippen molar-refractivity contribution >= 4 is 33.9 Å². The highest BCUT2D eigenvalue weighted by Gasteiger charge is 2.28. The van der Waals surface area contributed by atoms with E-state index < -0.39 is 0 Å². The number of hydrogen-bond acceptors (Lipinski definition) is 8. The molecule has 0 radical (unpaired) electrons. The molecular formula is C33H33FN8S. The molecule has 1 aromatic carbocycles. The smallest absolute Gasteiger partial charge is 0.225 e. The average Bonchev–Trinajstić information content (AvgIpc) is 3.62. The first-order chi connectivity index (χ1) is 21.0. The monoisotopic (exact) mass is 592 g/mol. The molecule has 5 heterocycles. The molecule has 5 aromatic rings. The van der Waals surface area contributed by atoms with Crippen molar-refractivity contribution in [3.8, 4) is 28.5 Å². The summed E-state index contributed by atoms with van der Waals surface area (Å²) in [6.07, 6.45) is 13.3. The largest absolute Gasteiger partial charge is 0.341 e. The molecule has 0 spiro atoms. The lowest BCUT2D eigenvalue weighted by molar-refractivity contribution is 0.362. The minimum absolute atomic E-state index is 0.326. The van der Waals surface area contributed by atoms with E-state index in [0.717, 1.165) is 65.6 Å². The zero-order valence-corrected chi connectivity index (χ0v) is 25.2. The Hall–Kier alpha value is -4.36. The first-order valence-electron chi connectivity index (χ1n) is 15.0. The Kier molecular flexibility index (Phi) is 7.27. The summed E-state index contributed by atoms with van der Waals surface area (Å²) < 4.78 is 15.6. The van der Waals surface area contributed by atoms with Gasteiger partial charge in [0.1, 0.15) is 33.9 Å². The number of piperidine rings is 1. The van der Waals surface area contributed by atoms with Gasteiger partial charge in [-0.15, -0.1) is 0 Å². The molecule has 7 rings (SSSR count). The topological polar surface area (TPSA) is 86.2 Å². The fourth-order valence-corrected chi connectivity index (χ4v) is 6.94. The van der Waals surface area contributed by atoms with E-state index in [1.54, 1.807) is 12.1 Å². The van der Waals surface area contributed by atoms with Crippen molar-refractivity contribution < 1.29 is 4.39 Å². The van der Waals surface area contributed by atoms with Gasteiger partial charge >= 0.3 is 0 Å². The molecular weight excluding hydrogens is 559 g/mol. The van der Waals surface area contributed by atoms with E-state index in [1.165, 1.54) is 55.6 Å². The van der Waals surface area contributed by atoms with Crippen LogP contribution in [-0.4, -0.2) is 44.5 Å². The number of aromatic nitrogens is 5. The summed E-state index contributed by atoms with van der Waals surface area (Å²) in [6, 6.07) is 12.4. The number of nitrogens with zero attached hydrogens (tertiary/aromatic N) is 8. The Morgan fingerprint density at radius 2 is 1.65 bits per heavy atom. The summed E-state index contributed by atoms with van der Waals surface area (Å²) in [5.74, 6) is 3.21. The van der Waals surface area contributed by atoms with Crippen LogP contribution in [0.3, 0.4) is 0 Å². The van der Waals surface area contributed by atoms with Crippen molar-refractivity contribution in [2.75, 3.05) is 29.9 Å². The Bertz CT molecular complexity index is 1790. The molecule has 1 aliphatic carbocycles. The second-order valence-corrected chi connectivity index (χ2v) is 12.6. The maximum atomic E-state index is 13.5. The molecule has 2 aliphatic rings. The highest BCUT2D eigenvalue weighted by Crippen LogP contribution is 2.39. The summed E-state index contributed by atoms with van der Waals surface area (Å²) in [5.41, 5.74) is 4.93. The maximum absolute atomic E-state index is 13.5. The normalized spacial score (nSPS) is 15.6. The zero-order chi connectivity index (χ0) is 29.5. The first-order valence-corrected chi connectivity index (χ1v) is 15.8. The molecule has 0 bridgehead atoms. The molecule has 0 N–H and O–H groups in total. The number of nitriles is 1. The van der Waals surface area contributed by atoms with E-state index in [9.17, 15) is 9.65 Å². The van der Waals surface area contributed by atoms with Crippen molar-refractivity contribution in [2.45, 2.75) is 45.4 Å². The SMILES string of the molecule is CCc1nc2ccc(-c3cnc(N4CCC(CC5CC5)CC4)nc3)cn2c1N(C)c1nc(-c2ccc(F)cc2)c(C#N)s1. The van der Waals surface area contributed by atoms with E-state index >= 15 is 0 Å². The van der Waals surface area contributed by atoms with Crippen LogP contribution in [0.25, 0.3) is 28.0 Å². The van der Waals surface area contributed by atoms with Gasteiger partial charge in [-0.1, -0.05) is 31.1 Å². The lowest BCUT2D eigenvalue weighted by Crippen LogP contribution is -2.34. The fourth-order valence-electron chi connectivity index (χ4n) is 6.09. The van der Waals surface area contributed by atoms with Crippen LogP contribution in [0.15, 0.2) is 55.0 Å². The van der Waals surface area contributed by atoms with Gasteiger partial charge in [0.25, 0.3) is 0 Å². The second kappa shape index (κ2) is 11.4. The van der Waals surface area contributed by atoms with Gasteiger partial charge in [0.05, 0.1) is 5.69 Å². The van der Waals surface area contributed by atoms with Crippen molar-refractivity contribution in [3.05, 3.63) is 71.4 Å². The Labute approximate surface area is 254 Å². The Balaban J connectivity index is 1.16. The molecule has 218 valence electrons. The van der Waals surface area contributed by atoms with Crippen molar-refractivity contribution in [1.29, 1.82) is 5.26 Å². The molecule has 0 unspecified atom stereocenters. The quantitative estimate of drug-likeness (QED) is 0.187. The van der Waals surface area contributed by atoms with Gasteiger partial charge in [-0.3, -0.25) is 4.40 Å². The number of pyridine rings is 1. The fraction of sp³-hybridized carbons (Fsp3) is 0.364. The van der Waals surface area contributed by atoms with Gasteiger partial charge in [0.2, 0.25) is 5.95 Å². The summed E-state index contributed by atoms with van der Waals surface area (Å²) in [6.45, 7) is 4.13. The standard InChI is InChI=1S/C33H33FN8S/c1-3-27-31(40(2)33-39-30(28(17-35)43-33)23-6-9-26(34)10-7-23)42-20-24(8-11-29(42)38-27)25-18-36-32(37-19-25)41-14-12-22(13-15-41)16-21-4-5-21/h6-11,18-22H,3-5,12-16H2,1-2H3. The van der Waals surface area contributed by atoms with Gasteiger partial charge in [-0.25, -0.2) is 24.3 Å². The molecule has 1 saturated carbocycles. The summed E-state index contributed by atoms with van der Waals surface area (Å²) in [4.78, 5) is 24.0. The average molecular weight is 593 g/mol. The third-order valence-corrected chi connectivity index (χ3v) is 9.71. The van der Waals surface area contributed by atoms with Crippen LogP contribution in [0.5, 0.6) is 0 Å². The van der Waals surface area contributed by atoms with E-state index in [-0.39, 0.29) is 5.82 Å². The van der Waals surface area contributed by atoms with Gasteiger partial charge in [-0.2, -0.15) is 5.26 Å². The Morgan fingerprint density at radius 1 is 0.953 bits per heavy atom. The third-order valence-electron chi connectivity index (χ3n) is 8.67. The molecule has 10 heteroatoms. The molecule has 8 nitrogen and oxygen atoms in total. The summed E-state index contributed by atoms with van der Waals surface area (Å²) >= 11 is 1.31. The minimum Gasteiger partial charge on any atom is -0.341 e. The number of aryl methyl sites for hydroxylation is 1. The predicted molar refractivity (Wildman–Crippen MR) is 168 cm³/mol. The van der Waals surface area contributed by atoms with Crippen molar-refractivity contribution in [1.82, 2.24) is 24.3 Å². The Morgan fingerprint density at radius 3 is 2.33 bits per heavy atom. The van der Waals surface area contributed by atoms with Crippen molar-refractivity contribution in [3.63, 3.8) is 0 Å². The minimum atomic E-state index is -0.326. The van der Waals surface area contributed by atoms with Gasteiger partial charge in [0, 0.05) is 55.4 Å². The highest BCUT2D eigenvalue weighted by atomic mass is 32.1. The molecule has 2 fully saturated rings. The number of benzene rings is 1. The molecule has 1 aliphatic heterocycles. The lowest BCUT2D eigenvalue weighted by atomic mass is 9.92. The van der Waals surface area contributed by atoms with Gasteiger partial charge in [0.15, 0.2) is 5.13 Å². The summed E-state index contributed by atoms with van der Waals surface area (Å²) in [5, 5.41) is 10.5. The van der Waals surface area contributed by atoms with Crippen LogP contribution in [0, 0.1) is 29.0 Å². The van der Waals surface area contributed by atoms with Crippen LogP contribution < -0.4 is 9.80 Å². The molecule has 4 aromatic heterocycles. The third kappa shape index (κ3) is 5.45. The van der Waals surface area contributed by atoms with Crippen LogP contribution >= 0.6 is 11.3 Å². The number of anilines is 3. The molecule has 0 amide bonds. The van der Waals surface area contributed by atoms with Crippen LogP contribution in [0.1, 0.15) is 49.6 Å². The number of hydrogen-bond donors (Lipinski definition) is 0. The summed E-state index contributed by atoms with van der Waals surface area (Å²) in [7, 11) is 1.94. The molecule has 1 saturated heterocycles. The van der Waals surface area contributed by atoms with Crippen LogP contribution in [0.2, 0.25) is 0 Å². The number of imidazole rings is 1. The molecule has 0 atom stereocenters. The maximum Gasteiger partial charge on any atom is 0.225 e. The number of rotatable bonds is 8. The van der Waals surface area contributed by atoms with Crippen LogP contribution in [-0.2, 0) is 6.42 Å². The lowest BCUT2D eigenvalue weighted by Gasteiger charge is -2.32.